The molecule has 1 aliphatic rings. The van der Waals surface area contributed by atoms with Crippen LogP contribution in [0.1, 0.15) is 22.6 Å². The Bertz CT molecular complexity index is 1200. The van der Waals surface area contributed by atoms with Gasteiger partial charge in [0.2, 0.25) is 0 Å². The average molecular weight is 448 g/mol. The number of nitro benzene ring substituents is 1. The van der Waals surface area contributed by atoms with Crippen molar-refractivity contribution in [2.24, 2.45) is 0 Å². The van der Waals surface area contributed by atoms with Crippen LogP contribution in [0.25, 0.3) is 11.1 Å². The van der Waals surface area contributed by atoms with E-state index in [1.165, 1.54) is 0 Å². The Kier molecular flexibility index (Phi) is 5.95. The summed E-state index contributed by atoms with van der Waals surface area (Å²) in [6.45, 7) is -0.00152. The van der Waals surface area contributed by atoms with Crippen molar-refractivity contribution >= 4 is 17.7 Å². The number of ether oxygens (including phenoxy) is 1. The van der Waals surface area contributed by atoms with Crippen LogP contribution in [0, 0.1) is 10.1 Å². The number of carbonyl (C=O) groups excluding carboxylic acids is 1. The number of amides is 1. The smallest absolute Gasteiger partial charge is 0.407 e. The van der Waals surface area contributed by atoms with E-state index in [0.29, 0.717) is 0 Å². The summed E-state index contributed by atoms with van der Waals surface area (Å²) in [5.41, 5.74) is 3.76. The number of carboxylic acid groups (broad SMARTS) is 1. The fourth-order valence-electron chi connectivity index (χ4n) is 4.12. The van der Waals surface area contributed by atoms with E-state index in [2.05, 4.69) is 5.32 Å². The van der Waals surface area contributed by atoms with Gasteiger partial charge < -0.3 is 20.3 Å². The minimum atomic E-state index is -1.49. The number of nitrogens with one attached hydrogen (secondary N) is 1. The zero-order valence-electron chi connectivity index (χ0n) is 17.3. The molecule has 4 rings (SSSR count). The highest BCUT2D eigenvalue weighted by Gasteiger charge is 2.30. The van der Waals surface area contributed by atoms with Crippen LogP contribution in [-0.2, 0) is 16.0 Å². The van der Waals surface area contributed by atoms with Gasteiger partial charge in [-0.05, 0) is 34.4 Å². The first-order valence-corrected chi connectivity index (χ1v) is 10.2. The molecule has 1 aliphatic carbocycles. The van der Waals surface area contributed by atoms with E-state index in [4.69, 9.17) is 4.74 Å². The van der Waals surface area contributed by atoms with Crippen molar-refractivity contribution in [1.82, 2.24) is 5.32 Å². The monoisotopic (exact) mass is 448 g/mol. The van der Waals surface area contributed by atoms with E-state index < -0.39 is 29.4 Å². The topological polar surface area (TPSA) is 139 Å². The van der Waals surface area contributed by atoms with Gasteiger partial charge in [-0.2, -0.15) is 0 Å². The normalized spacial score (nSPS) is 13.0. The van der Waals surface area contributed by atoms with Gasteiger partial charge in [-0.15, -0.1) is 0 Å². The third-order valence-corrected chi connectivity index (χ3v) is 5.62. The number of nitro groups is 1. The van der Waals surface area contributed by atoms with Crippen LogP contribution >= 0.6 is 0 Å². The molecule has 168 valence electrons. The lowest BCUT2D eigenvalue weighted by Crippen LogP contribution is -2.43. The first-order valence-electron chi connectivity index (χ1n) is 10.2. The molecule has 0 bridgehead atoms. The minimum absolute atomic E-state index is 0.00152. The minimum Gasteiger partial charge on any atom is -0.508 e. The van der Waals surface area contributed by atoms with Crippen molar-refractivity contribution < 1.29 is 29.5 Å². The molecular formula is C24H20N2O7. The summed E-state index contributed by atoms with van der Waals surface area (Å²) in [6.07, 6.45) is -1.35. The number of aliphatic carboxylic acids is 1. The van der Waals surface area contributed by atoms with Crippen molar-refractivity contribution in [3.05, 3.63) is 93.5 Å². The molecule has 0 saturated carbocycles. The molecule has 3 N–H and O–H groups in total. The van der Waals surface area contributed by atoms with E-state index in [1.54, 1.807) is 0 Å². The molecule has 33 heavy (non-hydrogen) atoms. The molecule has 1 unspecified atom stereocenters. The van der Waals surface area contributed by atoms with E-state index in [-0.39, 0.29) is 29.5 Å². The van der Waals surface area contributed by atoms with E-state index in [9.17, 15) is 29.9 Å². The third kappa shape index (κ3) is 4.47. The number of fused-ring (bicyclic) bond motifs is 3. The molecule has 1 amide bonds. The Morgan fingerprint density at radius 1 is 1.03 bits per heavy atom. The number of hydrogen-bond acceptors (Lipinski definition) is 6. The summed E-state index contributed by atoms with van der Waals surface area (Å²) in [5, 5.41) is 32.6. The molecule has 0 fully saturated rings. The highest BCUT2D eigenvalue weighted by Crippen LogP contribution is 2.44. The van der Waals surface area contributed by atoms with E-state index in [1.807, 2.05) is 48.5 Å². The van der Waals surface area contributed by atoms with Crippen molar-refractivity contribution in [3.8, 4) is 16.9 Å². The number of carbonyl (C=O) groups is 2. The molecule has 3 aromatic rings. The number of hydrogen-bond donors (Lipinski definition) is 3. The van der Waals surface area contributed by atoms with Crippen LogP contribution in [0.15, 0.2) is 66.7 Å². The van der Waals surface area contributed by atoms with Gasteiger partial charge in [0.15, 0.2) is 0 Å². The summed E-state index contributed by atoms with van der Waals surface area (Å²) in [4.78, 5) is 34.7. The Hall–Kier alpha value is -4.40. The van der Waals surface area contributed by atoms with Gasteiger partial charge >= 0.3 is 12.1 Å². The fraction of sp³-hybridized carbons (Fsp3) is 0.167. The fourth-order valence-corrected chi connectivity index (χ4v) is 4.12. The molecule has 1 atom stereocenters. The SMILES string of the molecule is O=C(NC(Cc1cc(O)ccc1[N+](=O)[O-])C(=O)O)OCC1c2ccccc2-c2ccccc21. The third-order valence-electron chi connectivity index (χ3n) is 5.62. The van der Waals surface area contributed by atoms with E-state index in [0.717, 1.165) is 40.5 Å². The number of aromatic hydroxyl groups is 1. The van der Waals surface area contributed by atoms with Crippen molar-refractivity contribution in [1.29, 1.82) is 0 Å². The van der Waals surface area contributed by atoms with E-state index >= 15 is 0 Å². The number of phenolic OH excluding ortho intramolecular Hbond substituents is 1. The Balaban J connectivity index is 1.47. The molecule has 9 heteroatoms. The molecule has 0 aromatic heterocycles. The highest BCUT2D eigenvalue weighted by molar-refractivity contribution is 5.81. The van der Waals surface area contributed by atoms with Crippen molar-refractivity contribution in [2.75, 3.05) is 6.61 Å². The molecule has 0 heterocycles. The molecular weight excluding hydrogens is 428 g/mol. The average Bonchev–Trinajstić information content (AvgIpc) is 3.11. The molecule has 0 radical (unpaired) electrons. The Morgan fingerprint density at radius 2 is 1.64 bits per heavy atom. The quantitative estimate of drug-likeness (QED) is 0.369. The Labute approximate surface area is 188 Å². The van der Waals surface area contributed by atoms with Crippen molar-refractivity contribution in [2.45, 2.75) is 18.4 Å². The van der Waals surface area contributed by atoms with Crippen LogP contribution in [0.5, 0.6) is 5.75 Å². The van der Waals surface area contributed by atoms with Gasteiger partial charge in [-0.3, -0.25) is 10.1 Å². The summed E-state index contributed by atoms with van der Waals surface area (Å²) >= 11 is 0. The molecule has 3 aromatic carbocycles. The number of alkyl carbamates (subject to hydrolysis) is 1. The van der Waals surface area contributed by atoms with Gasteiger partial charge in [-0.25, -0.2) is 9.59 Å². The maximum atomic E-state index is 12.4. The second kappa shape index (κ2) is 8.99. The predicted molar refractivity (Wildman–Crippen MR) is 118 cm³/mol. The largest absolute Gasteiger partial charge is 0.508 e. The summed E-state index contributed by atoms with van der Waals surface area (Å²) in [6, 6.07) is 17.4. The van der Waals surface area contributed by atoms with Crippen LogP contribution in [-0.4, -0.2) is 39.8 Å². The van der Waals surface area contributed by atoms with Gasteiger partial charge in [0.1, 0.15) is 18.4 Å². The zero-order chi connectivity index (χ0) is 23.5. The van der Waals surface area contributed by atoms with Gasteiger partial charge in [0.05, 0.1) is 4.92 Å². The first-order chi connectivity index (χ1) is 15.8. The summed E-state index contributed by atoms with van der Waals surface area (Å²) in [5.74, 6) is -1.83. The lowest BCUT2D eigenvalue weighted by atomic mass is 9.98. The van der Waals surface area contributed by atoms with Crippen LogP contribution in [0.4, 0.5) is 10.5 Å². The van der Waals surface area contributed by atoms with Crippen LogP contribution in [0.3, 0.4) is 0 Å². The Morgan fingerprint density at radius 3 is 2.21 bits per heavy atom. The number of benzene rings is 3. The summed E-state index contributed by atoms with van der Waals surface area (Å²) < 4.78 is 5.36. The zero-order valence-corrected chi connectivity index (χ0v) is 17.3. The number of carboxylic acids is 1. The summed E-state index contributed by atoms with van der Waals surface area (Å²) in [7, 11) is 0. The first kappa shape index (κ1) is 21.8. The van der Waals surface area contributed by atoms with Crippen LogP contribution in [0.2, 0.25) is 0 Å². The molecule has 0 saturated heterocycles. The van der Waals surface area contributed by atoms with Gasteiger partial charge in [0, 0.05) is 24.0 Å². The molecule has 0 aliphatic heterocycles. The second-order valence-corrected chi connectivity index (χ2v) is 7.63. The lowest BCUT2D eigenvalue weighted by molar-refractivity contribution is -0.385. The number of nitrogens with zero attached hydrogens (tertiary/aromatic N) is 1. The second-order valence-electron chi connectivity index (χ2n) is 7.63. The number of rotatable bonds is 7. The standard InChI is InChI=1S/C24H20N2O7/c27-15-9-10-22(26(31)32)14(11-15)12-21(23(28)29)25-24(30)33-13-20-18-7-3-1-5-16(18)17-6-2-4-8-19(17)20/h1-11,20-21,27H,12-13H2,(H,25,30)(H,28,29). The number of phenols is 1. The van der Waals surface area contributed by atoms with Crippen molar-refractivity contribution in [3.63, 3.8) is 0 Å². The maximum Gasteiger partial charge on any atom is 0.407 e. The lowest BCUT2D eigenvalue weighted by Gasteiger charge is -2.17. The maximum absolute atomic E-state index is 12.4. The highest BCUT2D eigenvalue weighted by atomic mass is 16.6. The molecule has 9 nitrogen and oxygen atoms in total. The van der Waals surface area contributed by atoms with Gasteiger partial charge in [-0.1, -0.05) is 48.5 Å². The predicted octanol–water partition coefficient (Wildman–Crippen LogP) is 3.83. The van der Waals surface area contributed by atoms with Crippen LogP contribution < -0.4 is 5.32 Å². The molecule has 0 spiro atoms. The van der Waals surface area contributed by atoms with Gasteiger partial charge in [0.25, 0.3) is 5.69 Å².